The van der Waals surface area contributed by atoms with E-state index in [0.29, 0.717) is 10.8 Å². The van der Waals surface area contributed by atoms with Gasteiger partial charge in [0.25, 0.3) is 0 Å². The van der Waals surface area contributed by atoms with Gasteiger partial charge in [0.05, 0.1) is 0 Å². The molecule has 2 nitrogen and oxygen atoms in total. The van der Waals surface area contributed by atoms with Crippen LogP contribution in [0.4, 0.5) is 0 Å². The predicted molar refractivity (Wildman–Crippen MR) is 76.9 cm³/mol. The highest BCUT2D eigenvalue weighted by atomic mass is 32.1. The van der Waals surface area contributed by atoms with Crippen molar-refractivity contribution in [3.8, 4) is 0 Å². The summed E-state index contributed by atoms with van der Waals surface area (Å²) >= 11 is 1.39. The molecule has 0 amide bonds. The zero-order valence-corrected chi connectivity index (χ0v) is 11.8. The highest BCUT2D eigenvalue weighted by Crippen LogP contribution is 2.34. The largest absolute Gasteiger partial charge is 0.477 e. The number of rotatable bonds is 4. The van der Waals surface area contributed by atoms with Crippen LogP contribution in [0.15, 0.2) is 18.2 Å². The lowest BCUT2D eigenvalue weighted by Gasteiger charge is -2.06. The van der Waals surface area contributed by atoms with Gasteiger partial charge in [0.1, 0.15) is 4.88 Å². The lowest BCUT2D eigenvalue weighted by molar-refractivity contribution is 0.0701. The molecular weight excluding hydrogens is 244 g/mol. The zero-order chi connectivity index (χ0) is 13.3. The van der Waals surface area contributed by atoms with Crippen molar-refractivity contribution in [3.05, 3.63) is 34.2 Å². The first-order valence-electron chi connectivity index (χ1n) is 6.33. The SMILES string of the molecule is CCCc1c(C(=O)O)sc2ccc(C(C)C)cc12. The number of thiophene rings is 1. The van der Waals surface area contributed by atoms with Crippen LogP contribution in [0.1, 0.15) is 53.9 Å². The Kier molecular flexibility index (Phi) is 3.71. The number of hydrogen-bond donors (Lipinski definition) is 1. The van der Waals surface area contributed by atoms with Crippen LogP contribution in [0, 0.1) is 0 Å². The maximum absolute atomic E-state index is 11.3. The first-order valence-corrected chi connectivity index (χ1v) is 7.14. The van der Waals surface area contributed by atoms with E-state index in [-0.39, 0.29) is 0 Å². The van der Waals surface area contributed by atoms with Crippen LogP contribution >= 0.6 is 11.3 Å². The molecule has 3 heteroatoms. The Bertz CT molecular complexity index is 581. The first-order chi connectivity index (χ1) is 8.54. The van der Waals surface area contributed by atoms with E-state index in [2.05, 4.69) is 39.0 Å². The third-order valence-corrected chi connectivity index (χ3v) is 4.38. The number of aryl methyl sites for hydroxylation is 1. The number of carbonyl (C=O) groups is 1. The van der Waals surface area contributed by atoms with E-state index < -0.39 is 5.97 Å². The fraction of sp³-hybridized carbons (Fsp3) is 0.400. The summed E-state index contributed by atoms with van der Waals surface area (Å²) in [5, 5.41) is 10.4. The molecule has 2 rings (SSSR count). The van der Waals surface area contributed by atoms with Crippen LogP contribution in [-0.2, 0) is 6.42 Å². The molecule has 2 aromatic rings. The van der Waals surface area contributed by atoms with Crippen LogP contribution in [0.5, 0.6) is 0 Å². The van der Waals surface area contributed by atoms with Crippen LogP contribution in [0.3, 0.4) is 0 Å². The third kappa shape index (κ3) is 2.27. The topological polar surface area (TPSA) is 37.3 Å². The van der Waals surface area contributed by atoms with Gasteiger partial charge in [0, 0.05) is 4.70 Å². The molecule has 0 unspecified atom stereocenters. The summed E-state index contributed by atoms with van der Waals surface area (Å²) in [6, 6.07) is 6.32. The van der Waals surface area contributed by atoms with Gasteiger partial charge in [0.15, 0.2) is 0 Å². The van der Waals surface area contributed by atoms with Crippen molar-refractivity contribution in [2.75, 3.05) is 0 Å². The first kappa shape index (κ1) is 13.1. The summed E-state index contributed by atoms with van der Waals surface area (Å²) in [7, 11) is 0. The summed E-state index contributed by atoms with van der Waals surface area (Å²) in [6.45, 7) is 6.40. The van der Waals surface area contributed by atoms with Gasteiger partial charge < -0.3 is 5.11 Å². The van der Waals surface area contributed by atoms with E-state index in [1.54, 1.807) is 0 Å². The highest BCUT2D eigenvalue weighted by molar-refractivity contribution is 7.21. The van der Waals surface area contributed by atoms with Crippen molar-refractivity contribution in [2.45, 2.75) is 39.5 Å². The minimum atomic E-state index is -0.800. The van der Waals surface area contributed by atoms with Crippen molar-refractivity contribution in [2.24, 2.45) is 0 Å². The predicted octanol–water partition coefficient (Wildman–Crippen LogP) is 4.68. The Labute approximate surface area is 111 Å². The van der Waals surface area contributed by atoms with E-state index in [1.807, 2.05) is 0 Å². The molecule has 0 atom stereocenters. The van der Waals surface area contributed by atoms with E-state index in [1.165, 1.54) is 16.9 Å². The standard InChI is InChI=1S/C15H18O2S/c1-4-5-11-12-8-10(9(2)3)6-7-13(12)18-14(11)15(16)17/h6-9H,4-5H2,1-3H3,(H,16,17). The van der Waals surface area contributed by atoms with Gasteiger partial charge in [-0.15, -0.1) is 11.3 Å². The van der Waals surface area contributed by atoms with Gasteiger partial charge in [-0.1, -0.05) is 33.3 Å². The van der Waals surface area contributed by atoms with Crippen LogP contribution in [-0.4, -0.2) is 11.1 Å². The van der Waals surface area contributed by atoms with Gasteiger partial charge in [-0.2, -0.15) is 0 Å². The van der Waals surface area contributed by atoms with E-state index >= 15 is 0 Å². The van der Waals surface area contributed by atoms with Crippen molar-refractivity contribution in [3.63, 3.8) is 0 Å². The van der Waals surface area contributed by atoms with E-state index in [4.69, 9.17) is 0 Å². The summed E-state index contributed by atoms with van der Waals surface area (Å²) in [6.07, 6.45) is 1.81. The molecule has 0 aliphatic carbocycles. The van der Waals surface area contributed by atoms with Crippen LogP contribution in [0.25, 0.3) is 10.1 Å². The Morgan fingerprint density at radius 1 is 1.39 bits per heavy atom. The molecule has 0 bridgehead atoms. The lowest BCUT2D eigenvalue weighted by Crippen LogP contribution is -1.97. The number of aromatic carboxylic acids is 1. The number of hydrogen-bond acceptors (Lipinski definition) is 2. The molecule has 0 spiro atoms. The van der Waals surface area contributed by atoms with Gasteiger partial charge >= 0.3 is 5.97 Å². The minimum absolute atomic E-state index is 0.469. The minimum Gasteiger partial charge on any atom is -0.477 e. The molecule has 1 aromatic carbocycles. The van der Waals surface area contributed by atoms with Gasteiger partial charge in [-0.3, -0.25) is 0 Å². The Balaban J connectivity index is 2.67. The molecule has 1 N–H and O–H groups in total. The average Bonchev–Trinajstić information content (AvgIpc) is 2.68. The molecule has 18 heavy (non-hydrogen) atoms. The van der Waals surface area contributed by atoms with Crippen molar-refractivity contribution in [1.29, 1.82) is 0 Å². The normalized spacial score (nSPS) is 11.3. The molecule has 0 radical (unpaired) electrons. The smallest absolute Gasteiger partial charge is 0.346 e. The quantitative estimate of drug-likeness (QED) is 0.869. The third-order valence-electron chi connectivity index (χ3n) is 3.18. The second kappa shape index (κ2) is 5.11. The molecule has 1 heterocycles. The molecular formula is C15H18O2S. The van der Waals surface area contributed by atoms with Crippen LogP contribution in [0.2, 0.25) is 0 Å². The van der Waals surface area contributed by atoms with Gasteiger partial charge in [-0.25, -0.2) is 4.79 Å². The Morgan fingerprint density at radius 2 is 2.11 bits per heavy atom. The number of fused-ring (bicyclic) bond motifs is 1. The fourth-order valence-electron chi connectivity index (χ4n) is 2.20. The molecule has 0 saturated carbocycles. The Hall–Kier alpha value is -1.35. The van der Waals surface area contributed by atoms with Gasteiger partial charge in [-0.05, 0) is 41.0 Å². The number of carboxylic acids is 1. The Morgan fingerprint density at radius 3 is 2.67 bits per heavy atom. The average molecular weight is 262 g/mol. The molecule has 1 aromatic heterocycles. The van der Waals surface area contributed by atoms with Crippen molar-refractivity contribution in [1.82, 2.24) is 0 Å². The summed E-state index contributed by atoms with van der Waals surface area (Å²) < 4.78 is 1.08. The fourth-order valence-corrected chi connectivity index (χ4v) is 3.27. The monoisotopic (exact) mass is 262 g/mol. The second-order valence-corrected chi connectivity index (χ2v) is 5.93. The number of benzene rings is 1. The molecule has 0 fully saturated rings. The van der Waals surface area contributed by atoms with E-state index in [0.717, 1.165) is 28.5 Å². The molecule has 96 valence electrons. The molecule has 0 aliphatic heterocycles. The summed E-state index contributed by atoms with van der Waals surface area (Å²) in [4.78, 5) is 11.8. The van der Waals surface area contributed by atoms with Crippen LogP contribution < -0.4 is 0 Å². The molecule has 0 saturated heterocycles. The molecule has 0 aliphatic rings. The lowest BCUT2D eigenvalue weighted by atomic mass is 9.98. The highest BCUT2D eigenvalue weighted by Gasteiger charge is 2.17. The maximum Gasteiger partial charge on any atom is 0.346 e. The summed E-state index contributed by atoms with van der Waals surface area (Å²) in [5.74, 6) is -0.331. The van der Waals surface area contributed by atoms with Crippen molar-refractivity contribution >= 4 is 27.4 Å². The van der Waals surface area contributed by atoms with E-state index in [9.17, 15) is 9.90 Å². The van der Waals surface area contributed by atoms with Gasteiger partial charge in [0.2, 0.25) is 0 Å². The number of carboxylic acid groups (broad SMARTS) is 1. The summed E-state index contributed by atoms with van der Waals surface area (Å²) in [5.41, 5.74) is 2.28. The second-order valence-electron chi connectivity index (χ2n) is 4.88. The zero-order valence-electron chi connectivity index (χ0n) is 11.0. The maximum atomic E-state index is 11.3. The van der Waals surface area contributed by atoms with Crippen molar-refractivity contribution < 1.29 is 9.90 Å².